The van der Waals surface area contributed by atoms with Gasteiger partial charge < -0.3 is 15.3 Å². The molecule has 0 spiro atoms. The number of rotatable bonds is 7. The second kappa shape index (κ2) is 10.3. The Balaban J connectivity index is 0.000000515. The molecule has 130 valence electrons. The van der Waals surface area contributed by atoms with Crippen LogP contribution in [0.3, 0.4) is 0 Å². The first-order chi connectivity index (χ1) is 10.9. The Kier molecular flexibility index (Phi) is 9.56. The number of aldehydes is 2. The lowest BCUT2D eigenvalue weighted by molar-refractivity contribution is 0.0200. The van der Waals surface area contributed by atoms with Crippen LogP contribution in [-0.2, 0) is 12.8 Å². The zero-order valence-electron chi connectivity index (χ0n) is 14.4. The van der Waals surface area contributed by atoms with Crippen molar-refractivity contribution >= 4 is 12.6 Å². The van der Waals surface area contributed by atoms with Crippen molar-refractivity contribution in [1.82, 2.24) is 0 Å². The Bertz CT molecular complexity index is 510. The van der Waals surface area contributed by atoms with Gasteiger partial charge in [-0.15, -0.1) is 0 Å². The molecule has 5 heteroatoms. The summed E-state index contributed by atoms with van der Waals surface area (Å²) in [6.07, 6.45) is 3.33. The van der Waals surface area contributed by atoms with Crippen LogP contribution in [-0.4, -0.2) is 47.7 Å². The van der Waals surface area contributed by atoms with E-state index in [1.54, 1.807) is 6.92 Å². The molecule has 0 aromatic heterocycles. The lowest BCUT2D eigenvalue weighted by Gasteiger charge is -2.20. The molecule has 0 saturated heterocycles. The van der Waals surface area contributed by atoms with Gasteiger partial charge in [0.25, 0.3) is 0 Å². The SMILES string of the molecule is CC(CO)(CO)CO.CCc1cc(C=O)c(C)c(CC)c1C=O. The van der Waals surface area contributed by atoms with E-state index in [-0.39, 0.29) is 19.8 Å². The average Bonchev–Trinajstić information content (AvgIpc) is 2.60. The topological polar surface area (TPSA) is 94.8 Å². The van der Waals surface area contributed by atoms with Crippen LogP contribution in [0.4, 0.5) is 0 Å². The van der Waals surface area contributed by atoms with Crippen molar-refractivity contribution in [1.29, 1.82) is 0 Å². The van der Waals surface area contributed by atoms with E-state index in [9.17, 15) is 9.59 Å². The first-order valence-electron chi connectivity index (χ1n) is 7.76. The summed E-state index contributed by atoms with van der Waals surface area (Å²) in [4.78, 5) is 21.9. The minimum atomic E-state index is -0.708. The molecule has 0 fully saturated rings. The van der Waals surface area contributed by atoms with Crippen LogP contribution in [0.2, 0.25) is 0 Å². The molecule has 1 aromatic rings. The lowest BCUT2D eigenvalue weighted by atomic mass is 9.91. The number of aliphatic hydroxyl groups excluding tert-OH is 3. The van der Waals surface area contributed by atoms with Crippen LogP contribution in [0.5, 0.6) is 0 Å². The highest BCUT2D eigenvalue weighted by molar-refractivity contribution is 5.86. The second-order valence-corrected chi connectivity index (χ2v) is 5.87. The fraction of sp³-hybridized carbons (Fsp3) is 0.556. The first kappa shape index (κ1) is 21.4. The highest BCUT2D eigenvalue weighted by Gasteiger charge is 2.20. The smallest absolute Gasteiger partial charge is 0.150 e. The van der Waals surface area contributed by atoms with Crippen molar-refractivity contribution in [2.75, 3.05) is 19.8 Å². The summed E-state index contributed by atoms with van der Waals surface area (Å²) in [5.41, 5.74) is 3.67. The molecule has 0 aliphatic rings. The van der Waals surface area contributed by atoms with E-state index < -0.39 is 5.41 Å². The molecule has 0 heterocycles. The monoisotopic (exact) mass is 324 g/mol. The Morgan fingerprint density at radius 1 is 1.00 bits per heavy atom. The van der Waals surface area contributed by atoms with E-state index in [2.05, 4.69) is 0 Å². The van der Waals surface area contributed by atoms with Crippen molar-refractivity contribution in [2.45, 2.75) is 40.5 Å². The van der Waals surface area contributed by atoms with Crippen molar-refractivity contribution in [3.05, 3.63) is 33.9 Å². The van der Waals surface area contributed by atoms with Gasteiger partial charge in [-0.05, 0) is 42.5 Å². The molecule has 1 aromatic carbocycles. The van der Waals surface area contributed by atoms with E-state index in [0.29, 0.717) is 5.56 Å². The number of hydrogen-bond acceptors (Lipinski definition) is 5. The number of aryl methyl sites for hydroxylation is 1. The summed E-state index contributed by atoms with van der Waals surface area (Å²) in [6, 6.07) is 1.82. The standard InChI is InChI=1S/C13H16O2.C5H12O3/c1-4-10-6-11(7-14)9(3)12(5-2)13(10)8-15;1-5(2-6,3-7)4-8/h6-8H,4-5H2,1-3H3;6-8H,2-4H2,1H3. The maximum Gasteiger partial charge on any atom is 0.150 e. The predicted molar refractivity (Wildman–Crippen MR) is 90.1 cm³/mol. The summed E-state index contributed by atoms with van der Waals surface area (Å²) in [7, 11) is 0. The van der Waals surface area contributed by atoms with Crippen LogP contribution in [0, 0.1) is 12.3 Å². The number of carbonyl (C=O) groups is 2. The fourth-order valence-electron chi connectivity index (χ4n) is 2.11. The average molecular weight is 324 g/mol. The number of aliphatic hydroxyl groups is 3. The molecule has 0 aliphatic heterocycles. The van der Waals surface area contributed by atoms with Crippen LogP contribution in [0.25, 0.3) is 0 Å². The Morgan fingerprint density at radius 3 is 1.78 bits per heavy atom. The Hall–Kier alpha value is -1.56. The van der Waals surface area contributed by atoms with Gasteiger partial charge in [0, 0.05) is 16.5 Å². The molecule has 0 bridgehead atoms. The lowest BCUT2D eigenvalue weighted by Crippen LogP contribution is -2.29. The Morgan fingerprint density at radius 2 is 1.52 bits per heavy atom. The third-order valence-corrected chi connectivity index (χ3v) is 4.01. The molecule has 0 aliphatic carbocycles. The maximum absolute atomic E-state index is 11.0. The molecule has 3 N–H and O–H groups in total. The number of benzene rings is 1. The molecule has 5 nitrogen and oxygen atoms in total. The Labute approximate surface area is 138 Å². The number of hydrogen-bond donors (Lipinski definition) is 3. The summed E-state index contributed by atoms with van der Waals surface area (Å²) in [6.45, 7) is 6.96. The molecular formula is C18H28O5. The third kappa shape index (κ3) is 5.53. The van der Waals surface area contributed by atoms with Gasteiger partial charge in [-0.3, -0.25) is 9.59 Å². The zero-order chi connectivity index (χ0) is 18.0. The van der Waals surface area contributed by atoms with Crippen LogP contribution >= 0.6 is 0 Å². The van der Waals surface area contributed by atoms with Gasteiger partial charge >= 0.3 is 0 Å². The van der Waals surface area contributed by atoms with E-state index in [1.807, 2.05) is 26.8 Å². The molecular weight excluding hydrogens is 296 g/mol. The largest absolute Gasteiger partial charge is 0.396 e. The normalized spacial score (nSPS) is 10.7. The quantitative estimate of drug-likeness (QED) is 0.664. The fourth-order valence-corrected chi connectivity index (χ4v) is 2.11. The molecule has 1 rings (SSSR count). The van der Waals surface area contributed by atoms with E-state index in [1.165, 1.54) is 0 Å². The van der Waals surface area contributed by atoms with E-state index in [4.69, 9.17) is 15.3 Å². The van der Waals surface area contributed by atoms with Gasteiger partial charge in [0.1, 0.15) is 6.29 Å². The third-order valence-electron chi connectivity index (χ3n) is 4.01. The minimum Gasteiger partial charge on any atom is -0.396 e. The van der Waals surface area contributed by atoms with Gasteiger partial charge in [0.05, 0.1) is 19.8 Å². The highest BCUT2D eigenvalue weighted by Crippen LogP contribution is 2.22. The first-order valence-corrected chi connectivity index (χ1v) is 7.76. The van der Waals surface area contributed by atoms with E-state index in [0.717, 1.165) is 47.7 Å². The maximum atomic E-state index is 11.0. The molecule has 23 heavy (non-hydrogen) atoms. The summed E-state index contributed by atoms with van der Waals surface area (Å²) in [5.74, 6) is 0. The van der Waals surface area contributed by atoms with Crippen molar-refractivity contribution < 1.29 is 24.9 Å². The van der Waals surface area contributed by atoms with Gasteiger partial charge in [-0.25, -0.2) is 0 Å². The second-order valence-electron chi connectivity index (χ2n) is 5.87. The summed E-state index contributed by atoms with van der Waals surface area (Å²) in [5, 5.41) is 25.4. The molecule has 0 unspecified atom stereocenters. The van der Waals surface area contributed by atoms with Crippen LogP contribution in [0.15, 0.2) is 6.07 Å². The summed E-state index contributed by atoms with van der Waals surface area (Å²) < 4.78 is 0. The van der Waals surface area contributed by atoms with Crippen LogP contribution < -0.4 is 0 Å². The van der Waals surface area contributed by atoms with Gasteiger partial charge in [-0.1, -0.05) is 20.8 Å². The van der Waals surface area contributed by atoms with Crippen molar-refractivity contribution in [3.63, 3.8) is 0 Å². The minimum absolute atomic E-state index is 0.181. The molecule has 0 radical (unpaired) electrons. The van der Waals surface area contributed by atoms with Gasteiger partial charge in [0.15, 0.2) is 6.29 Å². The van der Waals surface area contributed by atoms with Gasteiger partial charge in [0.2, 0.25) is 0 Å². The predicted octanol–water partition coefficient (Wildman–Crippen LogP) is 1.71. The van der Waals surface area contributed by atoms with Crippen LogP contribution in [0.1, 0.15) is 58.2 Å². The number of carbonyl (C=O) groups excluding carboxylic acids is 2. The highest BCUT2D eigenvalue weighted by atomic mass is 16.3. The van der Waals surface area contributed by atoms with E-state index >= 15 is 0 Å². The van der Waals surface area contributed by atoms with Crippen molar-refractivity contribution in [3.8, 4) is 0 Å². The molecule has 0 amide bonds. The van der Waals surface area contributed by atoms with Crippen molar-refractivity contribution in [2.24, 2.45) is 5.41 Å². The summed E-state index contributed by atoms with van der Waals surface area (Å²) >= 11 is 0. The molecule has 0 atom stereocenters. The van der Waals surface area contributed by atoms with Gasteiger partial charge in [-0.2, -0.15) is 0 Å². The zero-order valence-corrected chi connectivity index (χ0v) is 14.4. The molecule has 0 saturated carbocycles.